The van der Waals surface area contributed by atoms with E-state index in [-0.39, 0.29) is 17.4 Å². The average Bonchev–Trinajstić information content (AvgIpc) is 3.14. The number of esters is 1. The van der Waals surface area contributed by atoms with Crippen molar-refractivity contribution in [2.75, 3.05) is 21.3 Å². The predicted molar refractivity (Wildman–Crippen MR) is 95.7 cm³/mol. The lowest BCUT2D eigenvalue weighted by Gasteiger charge is -2.17. The summed E-state index contributed by atoms with van der Waals surface area (Å²) in [4.78, 5) is 25.1. The van der Waals surface area contributed by atoms with Crippen molar-refractivity contribution in [1.29, 1.82) is 0 Å². The molecule has 6 nitrogen and oxygen atoms in total. The minimum Gasteiger partial charge on any atom is -0.493 e. The van der Waals surface area contributed by atoms with Crippen LogP contribution in [0.3, 0.4) is 0 Å². The van der Waals surface area contributed by atoms with Crippen LogP contribution in [0, 0.1) is 0 Å². The Morgan fingerprint density at radius 2 is 2.00 bits per heavy atom. The number of rotatable bonds is 7. The zero-order valence-corrected chi connectivity index (χ0v) is 15.6. The Labute approximate surface area is 154 Å². The largest absolute Gasteiger partial charge is 0.493 e. The summed E-state index contributed by atoms with van der Waals surface area (Å²) in [6, 6.07) is 6.22. The highest BCUT2D eigenvalue weighted by atomic mass is 35.5. The smallest absolute Gasteiger partial charge is 0.307 e. The second kappa shape index (κ2) is 8.73. The number of hydrogen-bond acceptors (Lipinski definition) is 6. The molecule has 1 atom stereocenters. The lowest BCUT2D eigenvalue weighted by molar-refractivity contribution is -0.141. The van der Waals surface area contributed by atoms with E-state index < -0.39 is 12.0 Å². The number of hydrogen-bond donors (Lipinski definition) is 1. The molecule has 0 fully saturated rings. The Morgan fingerprint density at radius 3 is 2.56 bits per heavy atom. The van der Waals surface area contributed by atoms with E-state index in [1.54, 1.807) is 0 Å². The number of amides is 1. The number of methoxy groups -OCH3 is 3. The van der Waals surface area contributed by atoms with Gasteiger partial charge in [-0.15, -0.1) is 11.3 Å². The molecule has 0 spiro atoms. The molecule has 0 saturated carbocycles. The fourth-order valence-corrected chi connectivity index (χ4v) is 3.32. The Hall–Kier alpha value is -2.25. The third-order valence-corrected chi connectivity index (χ3v) is 4.75. The zero-order valence-electron chi connectivity index (χ0n) is 14.0. The Kier molecular flexibility index (Phi) is 6.66. The van der Waals surface area contributed by atoms with Crippen molar-refractivity contribution in [3.8, 4) is 11.5 Å². The first-order valence-corrected chi connectivity index (χ1v) is 8.58. The third kappa shape index (κ3) is 4.64. The molecule has 1 amide bonds. The first-order valence-electron chi connectivity index (χ1n) is 7.32. The summed E-state index contributed by atoms with van der Waals surface area (Å²) in [5.41, 5.74) is 0.300. The van der Waals surface area contributed by atoms with Gasteiger partial charge in [0.2, 0.25) is 0 Å². The maximum absolute atomic E-state index is 12.6. The maximum atomic E-state index is 12.6. The molecule has 0 radical (unpaired) electrons. The molecule has 1 aromatic heterocycles. The molecule has 1 heterocycles. The van der Waals surface area contributed by atoms with Crippen molar-refractivity contribution in [3.05, 3.63) is 45.1 Å². The van der Waals surface area contributed by atoms with Crippen LogP contribution in [0.25, 0.3) is 0 Å². The Bertz CT molecular complexity index is 748. The first-order chi connectivity index (χ1) is 12.0. The summed E-state index contributed by atoms with van der Waals surface area (Å²) < 4.78 is 15.1. The highest BCUT2D eigenvalue weighted by Crippen LogP contribution is 2.36. The van der Waals surface area contributed by atoms with E-state index in [1.165, 1.54) is 44.8 Å². The van der Waals surface area contributed by atoms with Gasteiger partial charge in [0, 0.05) is 10.4 Å². The molecule has 25 heavy (non-hydrogen) atoms. The molecule has 2 rings (SSSR count). The number of benzene rings is 1. The van der Waals surface area contributed by atoms with Gasteiger partial charge in [0.25, 0.3) is 5.91 Å². The molecule has 1 N–H and O–H groups in total. The molecule has 0 aliphatic carbocycles. The maximum Gasteiger partial charge on any atom is 0.307 e. The summed E-state index contributed by atoms with van der Waals surface area (Å²) in [5.74, 6) is -0.0972. The summed E-state index contributed by atoms with van der Waals surface area (Å²) in [6.45, 7) is 0. The number of carbonyl (C=O) groups excluding carboxylic acids is 2. The van der Waals surface area contributed by atoms with E-state index >= 15 is 0 Å². The lowest BCUT2D eigenvalue weighted by Crippen LogP contribution is -2.30. The molecular weight excluding hydrogens is 366 g/mol. The second-order valence-electron chi connectivity index (χ2n) is 5.02. The second-order valence-corrected chi connectivity index (χ2v) is 6.40. The van der Waals surface area contributed by atoms with E-state index in [2.05, 4.69) is 5.32 Å². The number of nitrogens with one attached hydrogen (secondary N) is 1. The summed E-state index contributed by atoms with van der Waals surface area (Å²) in [6.07, 6.45) is 0.0315. The quantitative estimate of drug-likeness (QED) is 0.741. The van der Waals surface area contributed by atoms with Crippen molar-refractivity contribution in [2.45, 2.75) is 12.5 Å². The Balaban J connectivity index is 2.26. The minimum atomic E-state index is -0.494. The lowest BCUT2D eigenvalue weighted by atomic mass is 10.1. The van der Waals surface area contributed by atoms with Crippen LogP contribution in [0.15, 0.2) is 29.6 Å². The highest BCUT2D eigenvalue weighted by molar-refractivity contribution is 7.10. The molecule has 8 heteroatoms. The van der Waals surface area contributed by atoms with Crippen molar-refractivity contribution < 1.29 is 23.8 Å². The van der Waals surface area contributed by atoms with Crippen LogP contribution in [0.2, 0.25) is 5.02 Å². The van der Waals surface area contributed by atoms with Crippen molar-refractivity contribution in [1.82, 2.24) is 5.32 Å². The molecule has 0 aliphatic heterocycles. The fourth-order valence-electron chi connectivity index (χ4n) is 2.25. The van der Waals surface area contributed by atoms with Gasteiger partial charge in [-0.2, -0.15) is 0 Å². The van der Waals surface area contributed by atoms with Crippen molar-refractivity contribution in [3.63, 3.8) is 0 Å². The van der Waals surface area contributed by atoms with E-state index in [9.17, 15) is 9.59 Å². The minimum absolute atomic E-state index is 0.0315. The van der Waals surface area contributed by atoms with E-state index in [0.29, 0.717) is 17.1 Å². The molecular formula is C17H18ClNO5S. The van der Waals surface area contributed by atoms with Gasteiger partial charge < -0.3 is 19.5 Å². The molecule has 134 valence electrons. The van der Waals surface area contributed by atoms with Crippen molar-refractivity contribution >= 4 is 34.8 Å². The van der Waals surface area contributed by atoms with Gasteiger partial charge >= 0.3 is 5.97 Å². The first kappa shape index (κ1) is 19.1. The van der Waals surface area contributed by atoms with Crippen LogP contribution in [-0.2, 0) is 9.53 Å². The number of thiophene rings is 1. The van der Waals surface area contributed by atoms with Gasteiger partial charge in [-0.1, -0.05) is 17.7 Å². The normalized spacial score (nSPS) is 11.5. The van der Waals surface area contributed by atoms with Gasteiger partial charge in [-0.25, -0.2) is 0 Å². The molecule has 0 aliphatic rings. The van der Waals surface area contributed by atoms with Crippen molar-refractivity contribution in [2.24, 2.45) is 0 Å². The van der Waals surface area contributed by atoms with E-state index in [4.69, 9.17) is 25.8 Å². The van der Waals surface area contributed by atoms with Crippen LogP contribution in [0.5, 0.6) is 11.5 Å². The van der Waals surface area contributed by atoms with Gasteiger partial charge in [0.15, 0.2) is 11.5 Å². The van der Waals surface area contributed by atoms with Crippen LogP contribution in [0.1, 0.15) is 27.7 Å². The van der Waals surface area contributed by atoms with Gasteiger partial charge in [0.05, 0.1) is 38.8 Å². The molecule has 0 saturated heterocycles. The number of ether oxygens (including phenoxy) is 3. The predicted octanol–water partition coefficient (Wildman–Crippen LogP) is 3.45. The standard InChI is InChI=1S/C17H18ClNO5S/c1-22-13-8-10(7-11(18)16(13)24-3)17(21)19-12(9-15(20)23-2)14-5-4-6-25-14/h4-8,12H,9H2,1-3H3,(H,19,21). The third-order valence-electron chi connectivity index (χ3n) is 3.49. The molecule has 2 aromatic rings. The average molecular weight is 384 g/mol. The fraction of sp³-hybridized carbons (Fsp3) is 0.294. The number of halogens is 1. The topological polar surface area (TPSA) is 73.9 Å². The summed E-state index contributed by atoms with van der Waals surface area (Å²) in [5, 5.41) is 4.96. The molecule has 0 bridgehead atoms. The summed E-state index contributed by atoms with van der Waals surface area (Å²) >= 11 is 7.59. The highest BCUT2D eigenvalue weighted by Gasteiger charge is 2.22. The van der Waals surface area contributed by atoms with E-state index in [1.807, 2.05) is 17.5 Å². The van der Waals surface area contributed by atoms with E-state index in [0.717, 1.165) is 4.88 Å². The zero-order chi connectivity index (χ0) is 18.4. The SMILES string of the molecule is COC(=O)CC(NC(=O)c1cc(Cl)c(OC)c(OC)c1)c1cccs1. The van der Waals surface area contributed by atoms with Gasteiger partial charge in [0.1, 0.15) is 0 Å². The van der Waals surface area contributed by atoms with Crippen LogP contribution in [-0.4, -0.2) is 33.2 Å². The summed E-state index contributed by atoms with van der Waals surface area (Å²) in [7, 11) is 4.23. The molecule has 1 unspecified atom stereocenters. The monoisotopic (exact) mass is 383 g/mol. The molecule has 1 aromatic carbocycles. The van der Waals surface area contributed by atoms with Gasteiger partial charge in [-0.3, -0.25) is 9.59 Å². The number of carbonyl (C=O) groups is 2. The van der Waals surface area contributed by atoms with Crippen LogP contribution >= 0.6 is 22.9 Å². The van der Waals surface area contributed by atoms with Gasteiger partial charge in [-0.05, 0) is 23.6 Å². The Morgan fingerprint density at radius 1 is 1.24 bits per heavy atom. The van der Waals surface area contributed by atoms with Crippen LogP contribution in [0.4, 0.5) is 0 Å². The van der Waals surface area contributed by atoms with Crippen LogP contribution < -0.4 is 14.8 Å².